The standard InChI is InChI=1S/C10H18BrNO2/c1-3-9(11)10(13)12-7-4-5-8(6-7)14-2/h7-9H,3-6H2,1-2H3,(H,12,13). The predicted octanol–water partition coefficient (Wildman–Crippen LogP) is 1.84. The molecule has 0 aromatic carbocycles. The summed E-state index contributed by atoms with van der Waals surface area (Å²) in [6.07, 6.45) is 4.20. The molecule has 1 saturated carbocycles. The Kier molecular flexibility index (Phi) is 4.89. The van der Waals surface area contributed by atoms with Gasteiger partial charge in [0.2, 0.25) is 5.91 Å². The van der Waals surface area contributed by atoms with Crippen molar-refractivity contribution in [1.29, 1.82) is 0 Å². The van der Waals surface area contributed by atoms with Crippen molar-refractivity contribution in [3.63, 3.8) is 0 Å². The quantitative estimate of drug-likeness (QED) is 0.787. The molecule has 1 rings (SSSR count). The second-order valence-corrected chi connectivity index (χ2v) is 4.86. The summed E-state index contributed by atoms with van der Waals surface area (Å²) in [7, 11) is 1.73. The van der Waals surface area contributed by atoms with Crippen molar-refractivity contribution < 1.29 is 9.53 Å². The lowest BCUT2D eigenvalue weighted by Crippen LogP contribution is -2.38. The summed E-state index contributed by atoms with van der Waals surface area (Å²) in [4.78, 5) is 11.5. The van der Waals surface area contributed by atoms with E-state index >= 15 is 0 Å². The van der Waals surface area contributed by atoms with Crippen molar-refractivity contribution in [2.45, 2.75) is 49.6 Å². The summed E-state index contributed by atoms with van der Waals surface area (Å²) >= 11 is 3.34. The van der Waals surface area contributed by atoms with E-state index in [0.29, 0.717) is 12.1 Å². The summed E-state index contributed by atoms with van der Waals surface area (Å²) in [5.74, 6) is 0.106. The van der Waals surface area contributed by atoms with Crippen molar-refractivity contribution in [2.24, 2.45) is 0 Å². The van der Waals surface area contributed by atoms with Gasteiger partial charge in [-0.25, -0.2) is 0 Å². The van der Waals surface area contributed by atoms with E-state index in [1.54, 1.807) is 7.11 Å². The first-order valence-electron chi connectivity index (χ1n) is 5.14. The second-order valence-electron chi connectivity index (χ2n) is 3.75. The number of alkyl halides is 1. The molecule has 82 valence electrons. The van der Waals surface area contributed by atoms with Gasteiger partial charge in [0.1, 0.15) is 0 Å². The molecule has 0 aromatic rings. The third kappa shape index (κ3) is 3.24. The van der Waals surface area contributed by atoms with Crippen LogP contribution in [0.25, 0.3) is 0 Å². The van der Waals surface area contributed by atoms with Gasteiger partial charge in [0.25, 0.3) is 0 Å². The van der Waals surface area contributed by atoms with Crippen LogP contribution in [0.1, 0.15) is 32.6 Å². The van der Waals surface area contributed by atoms with Gasteiger partial charge in [-0.05, 0) is 25.7 Å². The maximum atomic E-state index is 11.5. The fourth-order valence-corrected chi connectivity index (χ4v) is 1.89. The maximum absolute atomic E-state index is 11.5. The van der Waals surface area contributed by atoms with Crippen LogP contribution in [-0.4, -0.2) is 30.0 Å². The van der Waals surface area contributed by atoms with Gasteiger partial charge in [-0.2, -0.15) is 0 Å². The van der Waals surface area contributed by atoms with Crippen LogP contribution in [0.5, 0.6) is 0 Å². The lowest BCUT2D eigenvalue weighted by Gasteiger charge is -2.15. The highest BCUT2D eigenvalue weighted by molar-refractivity contribution is 9.10. The summed E-state index contributed by atoms with van der Waals surface area (Å²) in [5.41, 5.74) is 0. The molecule has 0 aromatic heterocycles. The molecule has 0 bridgehead atoms. The zero-order chi connectivity index (χ0) is 10.6. The lowest BCUT2D eigenvalue weighted by molar-refractivity contribution is -0.121. The third-order valence-electron chi connectivity index (χ3n) is 2.71. The van der Waals surface area contributed by atoms with Crippen molar-refractivity contribution in [2.75, 3.05) is 7.11 Å². The van der Waals surface area contributed by atoms with Crippen molar-refractivity contribution >= 4 is 21.8 Å². The molecule has 3 atom stereocenters. The van der Waals surface area contributed by atoms with Crippen LogP contribution in [0.4, 0.5) is 0 Å². The van der Waals surface area contributed by atoms with Gasteiger partial charge < -0.3 is 10.1 Å². The van der Waals surface area contributed by atoms with Gasteiger partial charge in [-0.3, -0.25) is 4.79 Å². The molecule has 0 spiro atoms. The number of methoxy groups -OCH3 is 1. The summed E-state index contributed by atoms with van der Waals surface area (Å²) < 4.78 is 5.25. The molecule has 1 aliphatic carbocycles. The normalized spacial score (nSPS) is 28.8. The Morgan fingerprint density at radius 1 is 1.64 bits per heavy atom. The van der Waals surface area contributed by atoms with Gasteiger partial charge in [0.15, 0.2) is 0 Å². The van der Waals surface area contributed by atoms with Gasteiger partial charge in [0.05, 0.1) is 10.9 Å². The number of carbonyl (C=O) groups excluding carboxylic acids is 1. The SMILES string of the molecule is CCC(Br)C(=O)NC1CCC(OC)C1. The van der Waals surface area contributed by atoms with Crippen LogP contribution in [0, 0.1) is 0 Å². The zero-order valence-corrected chi connectivity index (χ0v) is 10.3. The van der Waals surface area contributed by atoms with E-state index in [0.717, 1.165) is 25.7 Å². The Bertz CT molecular complexity index is 199. The molecule has 3 nitrogen and oxygen atoms in total. The topological polar surface area (TPSA) is 38.3 Å². The molecule has 14 heavy (non-hydrogen) atoms. The Morgan fingerprint density at radius 3 is 2.86 bits per heavy atom. The Morgan fingerprint density at radius 2 is 2.36 bits per heavy atom. The average molecular weight is 264 g/mol. The molecule has 0 heterocycles. The van der Waals surface area contributed by atoms with E-state index in [4.69, 9.17) is 4.74 Å². The summed E-state index contributed by atoms with van der Waals surface area (Å²) in [5, 5.41) is 3.03. The number of carbonyl (C=O) groups is 1. The smallest absolute Gasteiger partial charge is 0.233 e. The Hall–Kier alpha value is -0.0900. The number of rotatable bonds is 4. The number of hydrogen-bond donors (Lipinski definition) is 1. The number of nitrogens with one attached hydrogen (secondary N) is 1. The van der Waals surface area contributed by atoms with Crippen LogP contribution in [0.15, 0.2) is 0 Å². The molecule has 1 N–H and O–H groups in total. The molecule has 0 radical (unpaired) electrons. The van der Waals surface area contributed by atoms with Crippen molar-refractivity contribution in [3.8, 4) is 0 Å². The molecular weight excluding hydrogens is 246 g/mol. The minimum atomic E-state index is -0.0518. The Balaban J connectivity index is 2.28. The largest absolute Gasteiger partial charge is 0.381 e. The van der Waals surface area contributed by atoms with Gasteiger partial charge in [-0.1, -0.05) is 22.9 Å². The fraction of sp³-hybridized carbons (Fsp3) is 0.900. The van der Waals surface area contributed by atoms with Crippen molar-refractivity contribution in [3.05, 3.63) is 0 Å². The summed E-state index contributed by atoms with van der Waals surface area (Å²) in [6, 6.07) is 0.305. The van der Waals surface area contributed by atoms with E-state index in [9.17, 15) is 4.79 Å². The minimum absolute atomic E-state index is 0.0518. The number of halogens is 1. The number of hydrogen-bond acceptors (Lipinski definition) is 2. The second kappa shape index (κ2) is 5.71. The van der Waals surface area contributed by atoms with E-state index < -0.39 is 0 Å². The fourth-order valence-electron chi connectivity index (χ4n) is 1.76. The van der Waals surface area contributed by atoms with E-state index in [1.165, 1.54) is 0 Å². The third-order valence-corrected chi connectivity index (χ3v) is 3.77. The first-order valence-corrected chi connectivity index (χ1v) is 6.06. The van der Waals surface area contributed by atoms with Crippen LogP contribution >= 0.6 is 15.9 Å². The highest BCUT2D eigenvalue weighted by atomic mass is 79.9. The highest BCUT2D eigenvalue weighted by Crippen LogP contribution is 2.21. The van der Waals surface area contributed by atoms with E-state index in [-0.39, 0.29) is 10.7 Å². The van der Waals surface area contributed by atoms with Gasteiger partial charge in [0, 0.05) is 13.2 Å². The molecule has 1 aliphatic rings. The van der Waals surface area contributed by atoms with Crippen LogP contribution in [0.2, 0.25) is 0 Å². The van der Waals surface area contributed by atoms with E-state index in [1.807, 2.05) is 6.92 Å². The minimum Gasteiger partial charge on any atom is -0.381 e. The van der Waals surface area contributed by atoms with E-state index in [2.05, 4.69) is 21.2 Å². The van der Waals surface area contributed by atoms with Crippen LogP contribution in [0.3, 0.4) is 0 Å². The first kappa shape index (κ1) is 12.0. The van der Waals surface area contributed by atoms with Crippen LogP contribution < -0.4 is 5.32 Å². The number of amides is 1. The van der Waals surface area contributed by atoms with Gasteiger partial charge in [-0.15, -0.1) is 0 Å². The highest BCUT2D eigenvalue weighted by Gasteiger charge is 2.26. The maximum Gasteiger partial charge on any atom is 0.233 e. The average Bonchev–Trinajstić information content (AvgIpc) is 2.64. The molecule has 1 amide bonds. The van der Waals surface area contributed by atoms with Crippen LogP contribution in [-0.2, 0) is 9.53 Å². The molecule has 0 saturated heterocycles. The summed E-state index contributed by atoms with van der Waals surface area (Å²) in [6.45, 7) is 1.99. The lowest BCUT2D eigenvalue weighted by atomic mass is 10.2. The zero-order valence-electron chi connectivity index (χ0n) is 8.75. The first-order chi connectivity index (χ1) is 6.67. The molecule has 3 unspecified atom stereocenters. The monoisotopic (exact) mass is 263 g/mol. The predicted molar refractivity (Wildman–Crippen MR) is 59.6 cm³/mol. The van der Waals surface area contributed by atoms with Gasteiger partial charge >= 0.3 is 0 Å². The number of ether oxygens (including phenoxy) is 1. The Labute approximate surface area is 93.7 Å². The molecular formula is C10H18BrNO2. The molecule has 1 fully saturated rings. The van der Waals surface area contributed by atoms with Crippen molar-refractivity contribution in [1.82, 2.24) is 5.32 Å². The molecule has 0 aliphatic heterocycles. The molecule has 4 heteroatoms.